The van der Waals surface area contributed by atoms with E-state index in [4.69, 9.17) is 0 Å². The monoisotopic (exact) mass is 331 g/mol. The normalized spacial score (nSPS) is 18.8. The second kappa shape index (κ2) is 5.16. The average molecular weight is 332 g/mol. The molecule has 1 aliphatic rings. The summed E-state index contributed by atoms with van der Waals surface area (Å²) in [6.45, 7) is 0.0644. The number of hydrogen-bond acceptors (Lipinski definition) is 4. The van der Waals surface area contributed by atoms with Crippen molar-refractivity contribution in [1.82, 2.24) is 0 Å². The summed E-state index contributed by atoms with van der Waals surface area (Å²) in [5.41, 5.74) is 0.0447. The summed E-state index contributed by atoms with van der Waals surface area (Å²) in [7, 11) is 1.24. The quantitative estimate of drug-likeness (QED) is 0.839. The summed E-state index contributed by atoms with van der Waals surface area (Å²) < 4.78 is 18.4. The molecule has 1 amide bonds. The number of methoxy groups -OCH3 is 1. The van der Waals surface area contributed by atoms with Gasteiger partial charge >= 0.3 is 5.97 Å². The fraction of sp³-hybridized carbons (Fsp3) is 0.333. The minimum Gasteiger partial charge on any atom is -0.503 e. The van der Waals surface area contributed by atoms with Crippen LogP contribution in [0, 0.1) is 11.7 Å². The molecule has 1 unspecified atom stereocenters. The van der Waals surface area contributed by atoms with Crippen molar-refractivity contribution in [1.29, 1.82) is 0 Å². The Morgan fingerprint density at radius 1 is 1.58 bits per heavy atom. The van der Waals surface area contributed by atoms with Crippen molar-refractivity contribution >= 4 is 33.5 Å². The van der Waals surface area contributed by atoms with Crippen molar-refractivity contribution in [3.63, 3.8) is 0 Å². The first-order valence-electron chi connectivity index (χ1n) is 5.50. The molecule has 0 saturated carbocycles. The van der Waals surface area contributed by atoms with E-state index in [-0.39, 0.29) is 24.6 Å². The van der Waals surface area contributed by atoms with E-state index in [2.05, 4.69) is 20.7 Å². The second-order valence-electron chi connectivity index (χ2n) is 4.18. The fourth-order valence-corrected chi connectivity index (χ4v) is 2.44. The molecule has 0 bridgehead atoms. The maximum atomic E-state index is 13.4. The van der Waals surface area contributed by atoms with E-state index in [0.717, 1.165) is 6.07 Å². The Morgan fingerprint density at radius 2 is 2.26 bits per heavy atom. The Bertz CT molecular complexity index is 549. The predicted octanol–water partition coefficient (Wildman–Crippen LogP) is 1.82. The van der Waals surface area contributed by atoms with Crippen molar-refractivity contribution in [2.75, 3.05) is 18.6 Å². The Hall–Kier alpha value is -1.63. The average Bonchev–Trinajstić information content (AvgIpc) is 2.75. The van der Waals surface area contributed by atoms with Crippen LogP contribution >= 0.6 is 15.9 Å². The van der Waals surface area contributed by atoms with Crippen molar-refractivity contribution in [2.24, 2.45) is 5.92 Å². The van der Waals surface area contributed by atoms with Gasteiger partial charge in [0.25, 0.3) is 0 Å². The number of aromatic hydroxyl groups is 1. The standard InChI is InChI=1S/C12H11BrFNO4/c1-19-12(18)6-2-10(16)15(5-6)9-4-7(13)3-8(14)11(9)17/h3-4,6,17H,2,5H2,1H3. The van der Waals surface area contributed by atoms with Gasteiger partial charge in [-0.1, -0.05) is 15.9 Å². The highest BCUT2D eigenvalue weighted by molar-refractivity contribution is 9.10. The van der Waals surface area contributed by atoms with Crippen LogP contribution in [0.25, 0.3) is 0 Å². The summed E-state index contributed by atoms with van der Waals surface area (Å²) in [6, 6.07) is 2.52. The minimum absolute atomic E-state index is 0.0136. The van der Waals surface area contributed by atoms with Crippen molar-refractivity contribution in [3.8, 4) is 5.75 Å². The summed E-state index contributed by atoms with van der Waals surface area (Å²) in [5, 5.41) is 9.68. The molecule has 0 spiro atoms. The number of rotatable bonds is 2. The van der Waals surface area contributed by atoms with Crippen molar-refractivity contribution < 1.29 is 23.8 Å². The molecule has 0 radical (unpaired) electrons. The third-order valence-corrected chi connectivity index (χ3v) is 3.42. The number of phenols is 1. The SMILES string of the molecule is COC(=O)C1CC(=O)N(c2cc(Br)cc(F)c2O)C1. The summed E-state index contributed by atoms with van der Waals surface area (Å²) in [4.78, 5) is 24.4. The molecule has 102 valence electrons. The van der Waals surface area contributed by atoms with Gasteiger partial charge < -0.3 is 14.7 Å². The van der Waals surface area contributed by atoms with Gasteiger partial charge in [0.15, 0.2) is 11.6 Å². The maximum Gasteiger partial charge on any atom is 0.311 e. The van der Waals surface area contributed by atoms with Gasteiger partial charge in [0.05, 0.1) is 18.7 Å². The van der Waals surface area contributed by atoms with Crippen LogP contribution in [-0.2, 0) is 14.3 Å². The second-order valence-corrected chi connectivity index (χ2v) is 5.10. The topological polar surface area (TPSA) is 66.8 Å². The van der Waals surface area contributed by atoms with Crippen LogP contribution in [0.1, 0.15) is 6.42 Å². The molecule has 0 aliphatic carbocycles. The number of phenolic OH excluding ortho intramolecular Hbond substituents is 1. The highest BCUT2D eigenvalue weighted by Gasteiger charge is 2.37. The number of benzene rings is 1. The summed E-state index contributed by atoms with van der Waals surface area (Å²) in [6.07, 6.45) is -0.0136. The lowest BCUT2D eigenvalue weighted by Crippen LogP contribution is -2.26. The van der Waals surface area contributed by atoms with E-state index in [1.165, 1.54) is 18.1 Å². The van der Waals surface area contributed by atoms with E-state index in [1.807, 2.05) is 0 Å². The molecule has 2 rings (SSSR count). The molecule has 1 N–H and O–H groups in total. The summed E-state index contributed by atoms with van der Waals surface area (Å²) in [5.74, 6) is -2.89. The van der Waals surface area contributed by atoms with E-state index >= 15 is 0 Å². The van der Waals surface area contributed by atoms with Crippen LogP contribution in [0.15, 0.2) is 16.6 Å². The van der Waals surface area contributed by atoms with Crippen LogP contribution in [0.3, 0.4) is 0 Å². The molecule has 1 aromatic carbocycles. The molecule has 1 aromatic rings. The zero-order valence-corrected chi connectivity index (χ0v) is 11.6. The first-order valence-corrected chi connectivity index (χ1v) is 6.29. The Labute approximate surface area is 117 Å². The van der Waals surface area contributed by atoms with Gasteiger partial charge in [-0.25, -0.2) is 4.39 Å². The van der Waals surface area contributed by atoms with Crippen LogP contribution in [0.2, 0.25) is 0 Å². The highest BCUT2D eigenvalue weighted by Crippen LogP contribution is 2.36. The lowest BCUT2D eigenvalue weighted by Gasteiger charge is -2.18. The van der Waals surface area contributed by atoms with Gasteiger partial charge in [-0.2, -0.15) is 0 Å². The maximum absolute atomic E-state index is 13.4. The zero-order chi connectivity index (χ0) is 14.2. The molecule has 1 atom stereocenters. The van der Waals surface area contributed by atoms with E-state index in [9.17, 15) is 19.1 Å². The van der Waals surface area contributed by atoms with E-state index < -0.39 is 23.5 Å². The third-order valence-electron chi connectivity index (χ3n) is 2.96. The van der Waals surface area contributed by atoms with Gasteiger partial charge in [0.2, 0.25) is 5.91 Å². The molecule has 5 nitrogen and oxygen atoms in total. The van der Waals surface area contributed by atoms with Crippen LogP contribution in [-0.4, -0.2) is 30.6 Å². The molecular weight excluding hydrogens is 321 g/mol. The number of nitrogens with zero attached hydrogens (tertiary/aromatic N) is 1. The minimum atomic E-state index is -0.835. The number of halogens is 2. The van der Waals surface area contributed by atoms with E-state index in [1.54, 1.807) is 0 Å². The number of hydrogen-bond donors (Lipinski definition) is 1. The van der Waals surface area contributed by atoms with Crippen LogP contribution in [0.4, 0.5) is 10.1 Å². The molecule has 19 heavy (non-hydrogen) atoms. The Balaban J connectivity index is 2.33. The number of carbonyl (C=O) groups is 2. The number of carbonyl (C=O) groups excluding carboxylic acids is 2. The molecule has 1 fully saturated rings. The van der Waals surface area contributed by atoms with Gasteiger partial charge in [-0.3, -0.25) is 9.59 Å². The van der Waals surface area contributed by atoms with Crippen LogP contribution < -0.4 is 4.90 Å². The first kappa shape index (κ1) is 13.8. The smallest absolute Gasteiger partial charge is 0.311 e. The Morgan fingerprint density at radius 3 is 2.89 bits per heavy atom. The summed E-state index contributed by atoms with van der Waals surface area (Å²) >= 11 is 3.09. The predicted molar refractivity (Wildman–Crippen MR) is 68.2 cm³/mol. The number of amides is 1. The molecule has 1 aliphatic heterocycles. The number of anilines is 1. The molecular formula is C12H11BrFNO4. The van der Waals surface area contributed by atoms with Crippen LogP contribution in [0.5, 0.6) is 5.75 Å². The van der Waals surface area contributed by atoms with E-state index in [0.29, 0.717) is 4.47 Å². The third kappa shape index (κ3) is 2.56. The highest BCUT2D eigenvalue weighted by atomic mass is 79.9. The molecule has 0 aromatic heterocycles. The van der Waals surface area contributed by atoms with Gasteiger partial charge in [-0.05, 0) is 12.1 Å². The largest absolute Gasteiger partial charge is 0.503 e. The first-order chi connectivity index (χ1) is 8.93. The number of esters is 1. The Kier molecular flexibility index (Phi) is 3.75. The van der Waals surface area contributed by atoms with Gasteiger partial charge in [0, 0.05) is 17.4 Å². The van der Waals surface area contributed by atoms with Crippen molar-refractivity contribution in [3.05, 3.63) is 22.4 Å². The van der Waals surface area contributed by atoms with Gasteiger partial charge in [-0.15, -0.1) is 0 Å². The molecule has 1 saturated heterocycles. The van der Waals surface area contributed by atoms with Crippen molar-refractivity contribution in [2.45, 2.75) is 6.42 Å². The fourth-order valence-electron chi connectivity index (χ4n) is 2.02. The molecule has 7 heteroatoms. The number of ether oxygens (including phenoxy) is 1. The lowest BCUT2D eigenvalue weighted by atomic mass is 10.1. The molecule has 1 heterocycles. The lowest BCUT2D eigenvalue weighted by molar-refractivity contribution is -0.145. The zero-order valence-electron chi connectivity index (χ0n) is 10.0. The van der Waals surface area contributed by atoms with Gasteiger partial charge in [0.1, 0.15) is 0 Å².